The van der Waals surface area contributed by atoms with Crippen LogP contribution in [0.5, 0.6) is 0 Å². The van der Waals surface area contributed by atoms with Crippen molar-refractivity contribution < 1.29 is 23.4 Å². The van der Waals surface area contributed by atoms with E-state index in [2.05, 4.69) is 17.2 Å². The molecule has 2 N–H and O–H groups in total. The molecule has 1 aliphatic heterocycles. The highest BCUT2D eigenvalue weighted by Gasteiger charge is 2.57. The van der Waals surface area contributed by atoms with Crippen molar-refractivity contribution in [2.75, 3.05) is 5.32 Å². The molecule has 116 valence electrons. The van der Waals surface area contributed by atoms with E-state index in [0.29, 0.717) is 12.5 Å². The molecule has 6 heteroatoms. The van der Waals surface area contributed by atoms with Crippen molar-refractivity contribution in [3.05, 3.63) is 29.3 Å². The summed E-state index contributed by atoms with van der Waals surface area (Å²) in [6.45, 7) is 0.435. The van der Waals surface area contributed by atoms with E-state index in [0.717, 1.165) is 12.8 Å². The van der Waals surface area contributed by atoms with Crippen LogP contribution < -0.4 is 5.32 Å². The number of carbonyl (C=O) groups excluding carboxylic acids is 1. The number of benzene rings is 1. The fourth-order valence-corrected chi connectivity index (χ4v) is 2.39. The summed E-state index contributed by atoms with van der Waals surface area (Å²) < 4.78 is 33.6. The average molecular weight is 307 g/mol. The van der Waals surface area contributed by atoms with E-state index in [-0.39, 0.29) is 23.8 Å². The van der Waals surface area contributed by atoms with Crippen LogP contribution in [-0.4, -0.2) is 17.1 Å². The Morgan fingerprint density at radius 2 is 2.23 bits per heavy atom. The van der Waals surface area contributed by atoms with E-state index in [1.165, 1.54) is 18.2 Å². The molecule has 4 nitrogen and oxygen atoms in total. The van der Waals surface area contributed by atoms with Crippen LogP contribution in [0.4, 0.5) is 19.3 Å². The molecular formula is C16H15F2NO3. The van der Waals surface area contributed by atoms with Crippen LogP contribution in [0.25, 0.3) is 0 Å². The van der Waals surface area contributed by atoms with Gasteiger partial charge in [0, 0.05) is 18.4 Å². The van der Waals surface area contributed by atoms with Crippen LogP contribution in [0.1, 0.15) is 30.9 Å². The van der Waals surface area contributed by atoms with Crippen LogP contribution in [0.2, 0.25) is 0 Å². The summed E-state index contributed by atoms with van der Waals surface area (Å²) in [5, 5.41) is 11.6. The lowest BCUT2D eigenvalue weighted by atomic mass is 9.85. The van der Waals surface area contributed by atoms with Crippen LogP contribution in [0.3, 0.4) is 0 Å². The number of carbonyl (C=O) groups is 1. The number of halogens is 2. The maximum absolute atomic E-state index is 14.3. The smallest absolute Gasteiger partial charge is 0.413 e. The van der Waals surface area contributed by atoms with Gasteiger partial charge in [0.2, 0.25) is 0 Å². The number of ether oxygens (including phenoxy) is 1. The molecule has 1 fully saturated rings. The number of fused-ring (bicyclic) bond motifs is 1. The summed E-state index contributed by atoms with van der Waals surface area (Å²) in [6.07, 6.45) is 0.774. The molecule has 0 radical (unpaired) electrons. The van der Waals surface area contributed by atoms with Gasteiger partial charge in [-0.3, -0.25) is 5.32 Å². The van der Waals surface area contributed by atoms with Crippen LogP contribution in [0.15, 0.2) is 18.2 Å². The third kappa shape index (κ3) is 2.42. The molecular weight excluding hydrogens is 292 g/mol. The number of cyclic esters (lactones) is 1. The second kappa shape index (κ2) is 4.96. The van der Waals surface area contributed by atoms with Crippen LogP contribution in [0, 0.1) is 17.8 Å². The van der Waals surface area contributed by atoms with Gasteiger partial charge < -0.3 is 9.84 Å². The zero-order valence-corrected chi connectivity index (χ0v) is 12.0. The van der Waals surface area contributed by atoms with Crippen molar-refractivity contribution in [1.82, 2.24) is 0 Å². The molecule has 3 rings (SSSR count). The first-order valence-corrected chi connectivity index (χ1v) is 7.00. The topological polar surface area (TPSA) is 58.6 Å². The van der Waals surface area contributed by atoms with Gasteiger partial charge in [-0.15, -0.1) is 0 Å². The normalized spacial score (nSPS) is 23.7. The standard InChI is InChI=1S/C16H15F2NO3/c1-15(17,18)16(7-6-10-2-3-10)12-5-4-11(9-20)8-13(12)19-14(21)22-16/h4-5,8,10,20H,2-3,9H2,1H3,(H,19,21). The van der Waals surface area contributed by atoms with E-state index in [1.54, 1.807) is 0 Å². The first kappa shape index (κ1) is 14.8. The lowest BCUT2D eigenvalue weighted by Gasteiger charge is -2.38. The van der Waals surface area contributed by atoms with Gasteiger partial charge in [0.15, 0.2) is 0 Å². The maximum atomic E-state index is 14.3. The molecule has 2 aliphatic rings. The van der Waals surface area contributed by atoms with E-state index in [9.17, 15) is 13.6 Å². The zero-order valence-electron chi connectivity index (χ0n) is 12.0. The summed E-state index contributed by atoms with van der Waals surface area (Å²) in [5.41, 5.74) is -1.51. The van der Waals surface area contributed by atoms with Crippen molar-refractivity contribution in [2.24, 2.45) is 5.92 Å². The van der Waals surface area contributed by atoms with Gasteiger partial charge >= 0.3 is 6.09 Å². The van der Waals surface area contributed by atoms with Gasteiger partial charge in [-0.1, -0.05) is 18.1 Å². The number of hydrogen-bond acceptors (Lipinski definition) is 3. The monoisotopic (exact) mass is 307 g/mol. The number of aliphatic hydroxyl groups is 1. The van der Waals surface area contributed by atoms with Gasteiger partial charge in [0.25, 0.3) is 11.5 Å². The summed E-state index contributed by atoms with van der Waals surface area (Å²) in [7, 11) is 0. The Morgan fingerprint density at radius 1 is 1.50 bits per heavy atom. The van der Waals surface area contributed by atoms with Crippen molar-refractivity contribution >= 4 is 11.8 Å². The molecule has 1 atom stereocenters. The number of hydrogen-bond donors (Lipinski definition) is 2. The molecule has 0 bridgehead atoms. The second-order valence-electron chi connectivity index (χ2n) is 5.67. The van der Waals surface area contributed by atoms with E-state index < -0.39 is 17.6 Å². The van der Waals surface area contributed by atoms with Crippen molar-refractivity contribution in [2.45, 2.75) is 37.9 Å². The quantitative estimate of drug-likeness (QED) is 0.826. The Hall–Kier alpha value is -2.13. The van der Waals surface area contributed by atoms with Gasteiger partial charge in [-0.25, -0.2) is 13.6 Å². The fraction of sp³-hybridized carbons (Fsp3) is 0.438. The Labute approximate surface area is 126 Å². The summed E-state index contributed by atoms with van der Waals surface area (Å²) in [5.74, 6) is 2.01. The third-order valence-electron chi connectivity index (χ3n) is 3.78. The highest BCUT2D eigenvalue weighted by atomic mass is 19.3. The number of rotatable bonds is 2. The Morgan fingerprint density at radius 3 is 2.82 bits per heavy atom. The maximum Gasteiger partial charge on any atom is 0.413 e. The van der Waals surface area contributed by atoms with E-state index in [4.69, 9.17) is 9.84 Å². The zero-order chi connectivity index (χ0) is 16.0. The van der Waals surface area contributed by atoms with E-state index >= 15 is 0 Å². The van der Waals surface area contributed by atoms with Gasteiger partial charge in [0.05, 0.1) is 12.3 Å². The number of nitrogens with one attached hydrogen (secondary N) is 1. The molecule has 0 aromatic heterocycles. The highest BCUT2D eigenvalue weighted by Crippen LogP contribution is 2.46. The Bertz CT molecular complexity index is 683. The molecule has 22 heavy (non-hydrogen) atoms. The van der Waals surface area contributed by atoms with Gasteiger partial charge in [0.1, 0.15) is 0 Å². The predicted molar refractivity (Wildman–Crippen MR) is 75.3 cm³/mol. The molecule has 0 saturated heterocycles. The number of alkyl halides is 2. The highest BCUT2D eigenvalue weighted by molar-refractivity contribution is 5.90. The Balaban J connectivity index is 2.18. The van der Waals surface area contributed by atoms with Crippen LogP contribution >= 0.6 is 0 Å². The van der Waals surface area contributed by atoms with Crippen molar-refractivity contribution in [1.29, 1.82) is 0 Å². The molecule has 1 unspecified atom stereocenters. The molecule has 0 spiro atoms. The minimum atomic E-state index is -3.37. The molecule has 1 aliphatic carbocycles. The number of anilines is 1. The summed E-state index contributed by atoms with van der Waals surface area (Å²) in [6, 6.07) is 4.38. The Kier molecular flexibility index (Phi) is 3.33. The van der Waals surface area contributed by atoms with Crippen molar-refractivity contribution in [3.63, 3.8) is 0 Å². The average Bonchev–Trinajstić information content (AvgIpc) is 3.26. The van der Waals surface area contributed by atoms with Crippen LogP contribution in [-0.2, 0) is 16.9 Å². The fourth-order valence-electron chi connectivity index (χ4n) is 2.39. The molecule has 1 amide bonds. The van der Waals surface area contributed by atoms with Crippen molar-refractivity contribution in [3.8, 4) is 11.8 Å². The summed E-state index contributed by atoms with van der Waals surface area (Å²) >= 11 is 0. The molecule has 1 saturated carbocycles. The minimum Gasteiger partial charge on any atom is -0.418 e. The van der Waals surface area contributed by atoms with Gasteiger partial charge in [-0.05, 0) is 30.4 Å². The molecule has 1 aromatic carbocycles. The summed E-state index contributed by atoms with van der Waals surface area (Å²) in [4.78, 5) is 11.8. The minimum absolute atomic E-state index is 0.0907. The third-order valence-corrected chi connectivity index (χ3v) is 3.78. The molecule has 1 aromatic rings. The lowest BCUT2D eigenvalue weighted by Crippen LogP contribution is -2.50. The predicted octanol–water partition coefficient (Wildman–Crippen LogP) is 3.00. The largest absolute Gasteiger partial charge is 0.418 e. The SMILES string of the molecule is CC(F)(F)C1(C#CC2CC2)OC(=O)Nc2cc(CO)ccc21. The lowest BCUT2D eigenvalue weighted by molar-refractivity contribution is -0.142. The first-order chi connectivity index (χ1) is 10.4. The van der Waals surface area contributed by atoms with Gasteiger partial charge in [-0.2, -0.15) is 0 Å². The molecule has 1 heterocycles. The first-order valence-electron chi connectivity index (χ1n) is 7.00. The second-order valence-corrected chi connectivity index (χ2v) is 5.67. The van der Waals surface area contributed by atoms with E-state index in [1.807, 2.05) is 0 Å². The number of amides is 1. The number of aliphatic hydroxyl groups excluding tert-OH is 1.